The Bertz CT molecular complexity index is 740. The van der Waals surface area contributed by atoms with Crippen molar-refractivity contribution < 1.29 is 13.2 Å². The summed E-state index contributed by atoms with van der Waals surface area (Å²) in [7, 11) is 3.72. The van der Waals surface area contributed by atoms with Gasteiger partial charge >= 0.3 is 6.18 Å². The van der Waals surface area contributed by atoms with Crippen molar-refractivity contribution in [2.24, 2.45) is 0 Å². The van der Waals surface area contributed by atoms with Gasteiger partial charge in [0, 0.05) is 22.7 Å². The molecule has 0 amide bonds. The number of nitrogens with one attached hydrogen (secondary N) is 2. The third-order valence-corrected chi connectivity index (χ3v) is 4.04. The number of benzene rings is 1. The molecule has 0 fully saturated rings. The predicted molar refractivity (Wildman–Crippen MR) is 102 cm³/mol. The molecule has 0 radical (unpaired) electrons. The molecule has 1 heterocycles. The van der Waals surface area contributed by atoms with Gasteiger partial charge in [-0.2, -0.15) is 18.2 Å². The van der Waals surface area contributed by atoms with Gasteiger partial charge in [-0.1, -0.05) is 11.6 Å². The van der Waals surface area contributed by atoms with E-state index in [0.717, 1.165) is 9.64 Å². The maximum Gasteiger partial charge on any atom is 0.433 e. The highest BCUT2D eigenvalue weighted by molar-refractivity contribution is 14.1. The number of likely N-dealkylation sites (N-methyl/N-ethyl adjacent to an activating group) is 1. The lowest BCUT2D eigenvalue weighted by Gasteiger charge is -2.14. The second-order valence-corrected chi connectivity index (χ2v) is 7.09. The number of hydrogen-bond donors (Lipinski definition) is 2. The summed E-state index contributed by atoms with van der Waals surface area (Å²) in [5.41, 5.74) is -0.563. The number of aromatic nitrogens is 2. The zero-order chi connectivity index (χ0) is 18.6. The second kappa shape index (κ2) is 8.37. The maximum atomic E-state index is 13.1. The molecule has 0 spiro atoms. The number of alkyl halides is 3. The number of anilines is 3. The minimum atomic E-state index is -4.58. The summed E-state index contributed by atoms with van der Waals surface area (Å²) in [5.74, 6) is -0.0846. The Morgan fingerprint density at radius 1 is 1.20 bits per heavy atom. The van der Waals surface area contributed by atoms with Crippen molar-refractivity contribution in [3.63, 3.8) is 0 Å². The van der Waals surface area contributed by atoms with E-state index in [1.807, 2.05) is 19.0 Å². The first-order valence-electron chi connectivity index (χ1n) is 7.22. The molecule has 10 heteroatoms. The summed E-state index contributed by atoms with van der Waals surface area (Å²) >= 11 is 8.21. The van der Waals surface area contributed by atoms with Crippen molar-refractivity contribution in [3.8, 4) is 0 Å². The largest absolute Gasteiger partial charge is 0.433 e. The molecule has 0 aliphatic heterocycles. The van der Waals surface area contributed by atoms with E-state index >= 15 is 0 Å². The highest BCUT2D eigenvalue weighted by atomic mass is 127. The van der Waals surface area contributed by atoms with Gasteiger partial charge in [0.15, 0.2) is 5.69 Å². The van der Waals surface area contributed by atoms with Crippen LogP contribution in [-0.2, 0) is 6.18 Å². The fourth-order valence-electron chi connectivity index (χ4n) is 1.86. The van der Waals surface area contributed by atoms with Gasteiger partial charge in [-0.25, -0.2) is 4.98 Å². The molecule has 5 nitrogen and oxygen atoms in total. The zero-order valence-electron chi connectivity index (χ0n) is 13.5. The van der Waals surface area contributed by atoms with Crippen molar-refractivity contribution >= 4 is 51.6 Å². The number of halogens is 5. The van der Waals surface area contributed by atoms with Crippen LogP contribution in [-0.4, -0.2) is 42.1 Å². The van der Waals surface area contributed by atoms with Gasteiger partial charge in [-0.3, -0.25) is 0 Å². The summed E-state index contributed by atoms with van der Waals surface area (Å²) in [4.78, 5) is 9.52. The minimum absolute atomic E-state index is 0.0118. The highest BCUT2D eigenvalue weighted by Gasteiger charge is 2.33. The molecule has 0 bridgehead atoms. The molecule has 2 rings (SSSR count). The van der Waals surface area contributed by atoms with E-state index in [2.05, 4.69) is 43.2 Å². The van der Waals surface area contributed by atoms with Crippen molar-refractivity contribution in [2.75, 3.05) is 37.8 Å². The molecule has 0 atom stereocenters. The van der Waals surface area contributed by atoms with E-state index in [9.17, 15) is 13.2 Å². The Kier molecular flexibility index (Phi) is 6.69. The molecule has 2 aromatic rings. The van der Waals surface area contributed by atoms with Crippen LogP contribution in [0.15, 0.2) is 24.3 Å². The minimum Gasteiger partial charge on any atom is -0.353 e. The standard InChI is InChI=1S/C15H16ClF3IN5/c1-25(2)6-5-21-14-23-12(15(17,18)19)8-13(24-14)22-11-4-3-9(20)7-10(11)16/h3-4,7-8H,5-6H2,1-2H3,(H2,21,22,23,24). The van der Waals surface area contributed by atoms with Crippen LogP contribution in [0.25, 0.3) is 0 Å². The van der Waals surface area contributed by atoms with Crippen LogP contribution >= 0.6 is 34.2 Å². The number of rotatable bonds is 6. The second-order valence-electron chi connectivity index (χ2n) is 5.44. The lowest BCUT2D eigenvalue weighted by atomic mass is 10.3. The summed E-state index contributed by atoms with van der Waals surface area (Å²) in [5, 5.41) is 6.00. The zero-order valence-corrected chi connectivity index (χ0v) is 16.4. The van der Waals surface area contributed by atoms with Gasteiger partial charge in [-0.05, 0) is 54.9 Å². The fraction of sp³-hybridized carbons (Fsp3) is 0.333. The van der Waals surface area contributed by atoms with Crippen molar-refractivity contribution in [1.29, 1.82) is 0 Å². The van der Waals surface area contributed by atoms with Gasteiger partial charge in [0.1, 0.15) is 5.82 Å². The van der Waals surface area contributed by atoms with Gasteiger partial charge in [0.05, 0.1) is 10.7 Å². The highest BCUT2D eigenvalue weighted by Crippen LogP contribution is 2.32. The molecule has 1 aromatic heterocycles. The molecule has 25 heavy (non-hydrogen) atoms. The van der Waals surface area contributed by atoms with Crippen LogP contribution < -0.4 is 10.6 Å². The Morgan fingerprint density at radius 3 is 2.52 bits per heavy atom. The lowest BCUT2D eigenvalue weighted by molar-refractivity contribution is -0.141. The Morgan fingerprint density at radius 2 is 1.92 bits per heavy atom. The first-order valence-corrected chi connectivity index (χ1v) is 8.68. The molecular formula is C15H16ClF3IN5. The average Bonchev–Trinajstić information content (AvgIpc) is 2.49. The fourth-order valence-corrected chi connectivity index (χ4v) is 2.76. The summed E-state index contributed by atoms with van der Waals surface area (Å²) in [6, 6.07) is 6.02. The molecule has 136 valence electrons. The predicted octanol–water partition coefficient (Wildman–Crippen LogP) is 4.47. The Hall–Kier alpha value is -1.33. The summed E-state index contributed by atoms with van der Waals surface area (Å²) < 4.78 is 40.2. The first-order chi connectivity index (χ1) is 11.6. The Labute approximate surface area is 162 Å². The summed E-state index contributed by atoms with van der Waals surface area (Å²) in [6.45, 7) is 1.04. The number of hydrogen-bond acceptors (Lipinski definition) is 5. The van der Waals surface area contributed by atoms with Crippen molar-refractivity contribution in [3.05, 3.63) is 38.6 Å². The molecule has 0 saturated carbocycles. The molecule has 0 unspecified atom stereocenters. The third-order valence-electron chi connectivity index (χ3n) is 3.05. The van der Waals surface area contributed by atoms with Gasteiger partial charge < -0.3 is 15.5 Å². The topological polar surface area (TPSA) is 53.1 Å². The molecule has 0 aliphatic carbocycles. The number of nitrogens with zero attached hydrogens (tertiary/aromatic N) is 3. The van der Waals surface area contributed by atoms with Gasteiger partial charge in [0.25, 0.3) is 0 Å². The van der Waals surface area contributed by atoms with E-state index in [4.69, 9.17) is 11.6 Å². The smallest absolute Gasteiger partial charge is 0.353 e. The quantitative estimate of drug-likeness (QED) is 0.592. The lowest BCUT2D eigenvalue weighted by Crippen LogP contribution is -2.22. The third kappa shape index (κ3) is 6.15. The monoisotopic (exact) mass is 485 g/mol. The molecule has 2 N–H and O–H groups in total. The SMILES string of the molecule is CN(C)CCNc1nc(Nc2ccc(I)cc2Cl)cc(C(F)(F)F)n1. The van der Waals surface area contributed by atoms with E-state index in [-0.39, 0.29) is 11.8 Å². The molecule has 1 aromatic carbocycles. The van der Waals surface area contributed by atoms with Crippen LogP contribution in [0.3, 0.4) is 0 Å². The maximum absolute atomic E-state index is 13.1. The molecule has 0 saturated heterocycles. The van der Waals surface area contributed by atoms with Crippen LogP contribution in [0.2, 0.25) is 5.02 Å². The van der Waals surface area contributed by atoms with E-state index in [1.165, 1.54) is 0 Å². The van der Waals surface area contributed by atoms with E-state index in [0.29, 0.717) is 23.8 Å². The normalized spacial score (nSPS) is 11.7. The van der Waals surface area contributed by atoms with Crippen molar-refractivity contribution in [2.45, 2.75) is 6.18 Å². The molecular weight excluding hydrogens is 470 g/mol. The van der Waals surface area contributed by atoms with Crippen LogP contribution in [0.4, 0.5) is 30.6 Å². The van der Waals surface area contributed by atoms with E-state index in [1.54, 1.807) is 18.2 Å². The van der Waals surface area contributed by atoms with Crippen molar-refractivity contribution in [1.82, 2.24) is 14.9 Å². The van der Waals surface area contributed by atoms with Crippen LogP contribution in [0.5, 0.6) is 0 Å². The van der Waals surface area contributed by atoms with E-state index < -0.39 is 11.9 Å². The van der Waals surface area contributed by atoms with Crippen LogP contribution in [0.1, 0.15) is 5.69 Å². The van der Waals surface area contributed by atoms with Crippen LogP contribution in [0, 0.1) is 3.57 Å². The Balaban J connectivity index is 2.29. The summed E-state index contributed by atoms with van der Waals surface area (Å²) in [6.07, 6.45) is -4.58. The first kappa shape index (κ1) is 20.0. The van der Waals surface area contributed by atoms with Gasteiger partial charge in [0.2, 0.25) is 5.95 Å². The average molecular weight is 486 g/mol. The van der Waals surface area contributed by atoms with Gasteiger partial charge in [-0.15, -0.1) is 0 Å². The molecule has 0 aliphatic rings.